The number of hydrogen-bond donors (Lipinski definition) is 2. The van der Waals surface area contributed by atoms with Crippen LogP contribution in [0.3, 0.4) is 0 Å². The van der Waals surface area contributed by atoms with E-state index < -0.39 is 10.0 Å². The van der Waals surface area contributed by atoms with Crippen LogP contribution >= 0.6 is 11.3 Å². The summed E-state index contributed by atoms with van der Waals surface area (Å²) in [6, 6.07) is 11.6. The summed E-state index contributed by atoms with van der Waals surface area (Å²) < 4.78 is 32.6. The number of nitrogens with one attached hydrogen (secondary N) is 2. The van der Waals surface area contributed by atoms with Crippen LogP contribution in [0.2, 0.25) is 0 Å². The summed E-state index contributed by atoms with van der Waals surface area (Å²) in [6.07, 6.45) is 0. The number of carbonyl (C=O) groups excluding carboxylic acids is 1. The molecule has 29 heavy (non-hydrogen) atoms. The molecular weight excluding hydrogens is 410 g/mol. The normalized spacial score (nSPS) is 11.2. The summed E-state index contributed by atoms with van der Waals surface area (Å²) in [4.78, 5) is 17.2. The van der Waals surface area contributed by atoms with E-state index in [1.807, 2.05) is 32.0 Å². The van der Waals surface area contributed by atoms with Crippen LogP contribution in [0.15, 0.2) is 47.4 Å². The number of amides is 1. The molecule has 0 fully saturated rings. The van der Waals surface area contributed by atoms with Crippen LogP contribution in [0.5, 0.6) is 5.75 Å². The number of thiazole rings is 1. The highest BCUT2D eigenvalue weighted by Crippen LogP contribution is 2.27. The molecule has 1 amide bonds. The minimum Gasteiger partial charge on any atom is -0.497 e. The second-order valence-electron chi connectivity index (χ2n) is 6.47. The van der Waals surface area contributed by atoms with Gasteiger partial charge in [0.25, 0.3) is 15.9 Å². The lowest BCUT2D eigenvalue weighted by Gasteiger charge is -2.07. The molecule has 0 atom stereocenters. The third-order valence-electron chi connectivity index (χ3n) is 4.36. The highest BCUT2D eigenvalue weighted by Gasteiger charge is 2.20. The van der Waals surface area contributed by atoms with Crippen molar-refractivity contribution in [1.82, 2.24) is 4.98 Å². The van der Waals surface area contributed by atoms with Gasteiger partial charge in [0.2, 0.25) is 0 Å². The van der Waals surface area contributed by atoms with E-state index >= 15 is 0 Å². The number of aromatic nitrogens is 1. The van der Waals surface area contributed by atoms with Crippen LogP contribution in [0.1, 0.15) is 26.5 Å². The zero-order valence-corrected chi connectivity index (χ0v) is 18.1. The molecule has 2 aromatic carbocycles. The summed E-state index contributed by atoms with van der Waals surface area (Å²) in [6.45, 7) is 5.63. The van der Waals surface area contributed by atoms with Crippen molar-refractivity contribution in [2.24, 2.45) is 0 Å². The fourth-order valence-corrected chi connectivity index (χ4v) is 4.68. The molecule has 9 heteroatoms. The minimum atomic E-state index is -3.83. The topological polar surface area (TPSA) is 97.4 Å². The van der Waals surface area contributed by atoms with Crippen molar-refractivity contribution < 1.29 is 17.9 Å². The Labute approximate surface area is 173 Å². The molecule has 0 spiro atoms. The van der Waals surface area contributed by atoms with E-state index in [4.69, 9.17) is 4.74 Å². The Morgan fingerprint density at radius 3 is 2.34 bits per heavy atom. The maximum absolute atomic E-state index is 12.6. The first-order valence-electron chi connectivity index (χ1n) is 8.72. The molecule has 0 aliphatic heterocycles. The molecule has 0 saturated heterocycles. The van der Waals surface area contributed by atoms with E-state index in [9.17, 15) is 13.2 Å². The molecule has 0 radical (unpaired) electrons. The van der Waals surface area contributed by atoms with Crippen molar-refractivity contribution in [3.8, 4) is 5.75 Å². The van der Waals surface area contributed by atoms with Gasteiger partial charge in [-0.2, -0.15) is 0 Å². The zero-order chi connectivity index (χ0) is 21.2. The van der Waals surface area contributed by atoms with E-state index in [2.05, 4.69) is 15.0 Å². The molecule has 152 valence electrons. The number of anilines is 2. The van der Waals surface area contributed by atoms with Gasteiger partial charge in [-0.15, -0.1) is 0 Å². The van der Waals surface area contributed by atoms with Crippen LogP contribution in [0, 0.1) is 20.8 Å². The SMILES string of the molecule is COc1ccc(S(=O)(=O)Nc2nc(C)c(C(=O)Nc3ccc(C)c(C)c3)s2)cc1. The molecular formula is C20H21N3O4S2. The van der Waals surface area contributed by atoms with E-state index in [-0.39, 0.29) is 15.9 Å². The quantitative estimate of drug-likeness (QED) is 0.612. The molecule has 1 heterocycles. The largest absolute Gasteiger partial charge is 0.497 e. The van der Waals surface area contributed by atoms with Crippen molar-refractivity contribution in [3.05, 3.63) is 64.2 Å². The molecule has 2 N–H and O–H groups in total. The van der Waals surface area contributed by atoms with Gasteiger partial charge in [-0.25, -0.2) is 13.4 Å². The average molecular weight is 432 g/mol. The first-order valence-corrected chi connectivity index (χ1v) is 11.0. The Bertz CT molecular complexity index is 1150. The first-order chi connectivity index (χ1) is 13.7. The highest BCUT2D eigenvalue weighted by molar-refractivity contribution is 7.93. The predicted molar refractivity (Wildman–Crippen MR) is 115 cm³/mol. The van der Waals surface area contributed by atoms with Crippen LogP contribution in [-0.2, 0) is 10.0 Å². The molecule has 3 rings (SSSR count). The standard InChI is InChI=1S/C20H21N3O4S2/c1-12-5-6-15(11-13(12)2)22-19(24)18-14(3)21-20(28-18)23-29(25,26)17-9-7-16(27-4)8-10-17/h5-11H,1-4H3,(H,21,23)(H,22,24). The lowest BCUT2D eigenvalue weighted by atomic mass is 10.1. The first kappa shape index (κ1) is 20.8. The van der Waals surface area contributed by atoms with Crippen LogP contribution < -0.4 is 14.8 Å². The summed E-state index contributed by atoms with van der Waals surface area (Å²) in [5, 5.41) is 2.96. The minimum absolute atomic E-state index is 0.0762. The average Bonchev–Trinajstić information content (AvgIpc) is 3.04. The van der Waals surface area contributed by atoms with Gasteiger partial charge < -0.3 is 10.1 Å². The molecule has 0 aliphatic carbocycles. The Balaban J connectivity index is 1.78. The number of rotatable bonds is 6. The Kier molecular flexibility index (Phi) is 5.90. The second kappa shape index (κ2) is 8.22. The van der Waals surface area contributed by atoms with Crippen molar-refractivity contribution in [3.63, 3.8) is 0 Å². The molecule has 0 saturated carbocycles. The predicted octanol–water partition coefficient (Wildman–Crippen LogP) is 4.13. The van der Waals surface area contributed by atoms with E-state index in [1.54, 1.807) is 19.1 Å². The smallest absolute Gasteiger partial charge is 0.267 e. The monoisotopic (exact) mass is 431 g/mol. The Morgan fingerprint density at radius 1 is 1.03 bits per heavy atom. The van der Waals surface area contributed by atoms with E-state index in [0.29, 0.717) is 22.0 Å². The number of ether oxygens (including phenoxy) is 1. The molecule has 7 nitrogen and oxygen atoms in total. The maximum atomic E-state index is 12.6. The van der Waals surface area contributed by atoms with E-state index in [1.165, 1.54) is 19.2 Å². The van der Waals surface area contributed by atoms with Crippen molar-refractivity contribution >= 4 is 38.1 Å². The summed E-state index contributed by atoms with van der Waals surface area (Å²) in [7, 11) is -2.32. The molecule has 1 aromatic heterocycles. The van der Waals surface area contributed by atoms with Crippen LogP contribution in [-0.4, -0.2) is 26.4 Å². The third-order valence-corrected chi connectivity index (χ3v) is 6.91. The zero-order valence-electron chi connectivity index (χ0n) is 16.4. The number of aryl methyl sites for hydroxylation is 3. The number of benzene rings is 2. The molecule has 3 aromatic rings. The lowest BCUT2D eigenvalue weighted by molar-refractivity contribution is 0.103. The molecule has 0 bridgehead atoms. The summed E-state index contributed by atoms with van der Waals surface area (Å²) in [5.74, 6) is 0.220. The third kappa shape index (κ3) is 4.75. The van der Waals surface area contributed by atoms with Gasteiger partial charge in [0.15, 0.2) is 5.13 Å². The van der Waals surface area contributed by atoms with Gasteiger partial charge >= 0.3 is 0 Å². The maximum Gasteiger partial charge on any atom is 0.267 e. The number of methoxy groups -OCH3 is 1. The number of hydrogen-bond acceptors (Lipinski definition) is 6. The van der Waals surface area contributed by atoms with Gasteiger partial charge in [0.05, 0.1) is 17.7 Å². The van der Waals surface area contributed by atoms with Crippen molar-refractivity contribution in [2.75, 3.05) is 17.1 Å². The van der Waals surface area contributed by atoms with Gasteiger partial charge in [0, 0.05) is 5.69 Å². The van der Waals surface area contributed by atoms with Gasteiger partial charge in [-0.1, -0.05) is 17.4 Å². The van der Waals surface area contributed by atoms with Gasteiger partial charge in [-0.3, -0.25) is 9.52 Å². The summed E-state index contributed by atoms with van der Waals surface area (Å²) in [5.41, 5.74) is 3.32. The van der Waals surface area contributed by atoms with Gasteiger partial charge in [0.1, 0.15) is 10.6 Å². The fraction of sp³-hybridized carbons (Fsp3) is 0.200. The molecule has 0 unspecified atom stereocenters. The van der Waals surface area contributed by atoms with Gasteiger partial charge in [-0.05, 0) is 68.3 Å². The second-order valence-corrected chi connectivity index (χ2v) is 9.15. The van der Waals surface area contributed by atoms with Crippen LogP contribution in [0.4, 0.5) is 10.8 Å². The Hall–Kier alpha value is -2.91. The van der Waals surface area contributed by atoms with Crippen molar-refractivity contribution in [1.29, 1.82) is 0 Å². The number of carbonyl (C=O) groups is 1. The van der Waals surface area contributed by atoms with E-state index in [0.717, 1.165) is 22.5 Å². The van der Waals surface area contributed by atoms with Crippen LogP contribution in [0.25, 0.3) is 0 Å². The molecule has 0 aliphatic rings. The highest BCUT2D eigenvalue weighted by atomic mass is 32.2. The fourth-order valence-electron chi connectivity index (χ4n) is 2.59. The van der Waals surface area contributed by atoms with Crippen molar-refractivity contribution in [2.45, 2.75) is 25.7 Å². The lowest BCUT2D eigenvalue weighted by Crippen LogP contribution is -2.12. The number of nitrogens with zero attached hydrogens (tertiary/aromatic N) is 1. The number of sulfonamides is 1. The Morgan fingerprint density at radius 2 is 1.72 bits per heavy atom. The summed E-state index contributed by atoms with van der Waals surface area (Å²) >= 11 is 0.985.